The summed E-state index contributed by atoms with van der Waals surface area (Å²) >= 11 is 5.38. The summed E-state index contributed by atoms with van der Waals surface area (Å²) in [6.07, 6.45) is 5.58. The summed E-state index contributed by atoms with van der Waals surface area (Å²) in [5.41, 5.74) is 0. The molecule has 1 aliphatic carbocycles. The van der Waals surface area contributed by atoms with Crippen molar-refractivity contribution in [3.8, 4) is 0 Å². The van der Waals surface area contributed by atoms with Crippen LogP contribution in [0.15, 0.2) is 33.6 Å². The maximum atomic E-state index is 3.63. The first-order valence-electron chi connectivity index (χ1n) is 5.96. The van der Waals surface area contributed by atoms with Crippen LogP contribution in [0, 0.1) is 0 Å². The Morgan fingerprint density at radius 3 is 2.56 bits per heavy atom. The first-order valence-corrected chi connectivity index (χ1v) is 7.74. The third kappa shape index (κ3) is 4.11. The summed E-state index contributed by atoms with van der Waals surface area (Å²) in [4.78, 5) is 1.36. The minimum atomic E-state index is 0.797. The van der Waals surface area contributed by atoms with Gasteiger partial charge in [0.2, 0.25) is 0 Å². The largest absolute Gasteiger partial charge is 0.313 e. The quantitative estimate of drug-likeness (QED) is 0.650. The fraction of sp³-hybridized carbons (Fsp3) is 0.538. The molecule has 2 rings (SSSR count). The maximum absolute atomic E-state index is 3.63. The molecule has 88 valence electrons. The van der Waals surface area contributed by atoms with Crippen LogP contribution in [0.4, 0.5) is 0 Å². The van der Waals surface area contributed by atoms with E-state index in [1.54, 1.807) is 0 Å². The SMILES string of the molecule is Brc1ccc(SCCNC2CCCC2)cc1. The monoisotopic (exact) mass is 299 g/mol. The molecule has 3 heteroatoms. The van der Waals surface area contributed by atoms with E-state index >= 15 is 0 Å². The lowest BCUT2D eigenvalue weighted by Gasteiger charge is -2.11. The summed E-state index contributed by atoms with van der Waals surface area (Å²) in [6.45, 7) is 1.13. The molecule has 1 fully saturated rings. The van der Waals surface area contributed by atoms with Gasteiger partial charge in [-0.3, -0.25) is 0 Å². The third-order valence-corrected chi connectivity index (χ3v) is 4.52. The highest BCUT2D eigenvalue weighted by atomic mass is 79.9. The second kappa shape index (κ2) is 6.67. The van der Waals surface area contributed by atoms with E-state index in [9.17, 15) is 0 Å². The van der Waals surface area contributed by atoms with Crippen LogP contribution < -0.4 is 5.32 Å². The maximum Gasteiger partial charge on any atom is 0.0176 e. The van der Waals surface area contributed by atoms with Crippen molar-refractivity contribution in [3.05, 3.63) is 28.7 Å². The van der Waals surface area contributed by atoms with Gasteiger partial charge in [-0.1, -0.05) is 28.8 Å². The van der Waals surface area contributed by atoms with Gasteiger partial charge in [0.25, 0.3) is 0 Å². The molecular weight excluding hydrogens is 282 g/mol. The molecule has 16 heavy (non-hydrogen) atoms. The van der Waals surface area contributed by atoms with Crippen molar-refractivity contribution in [1.82, 2.24) is 5.32 Å². The first-order chi connectivity index (χ1) is 7.84. The Morgan fingerprint density at radius 1 is 1.19 bits per heavy atom. The van der Waals surface area contributed by atoms with Gasteiger partial charge in [-0.05, 0) is 37.1 Å². The zero-order valence-corrected chi connectivity index (χ0v) is 11.8. The molecule has 0 spiro atoms. The Labute approximate surface area is 111 Å². The molecule has 0 heterocycles. The van der Waals surface area contributed by atoms with Crippen LogP contribution in [-0.2, 0) is 0 Å². The number of rotatable bonds is 5. The van der Waals surface area contributed by atoms with Crippen LogP contribution in [0.5, 0.6) is 0 Å². The summed E-state index contributed by atoms with van der Waals surface area (Å²) in [7, 11) is 0. The van der Waals surface area contributed by atoms with Crippen LogP contribution in [0.25, 0.3) is 0 Å². The smallest absolute Gasteiger partial charge is 0.0176 e. The average molecular weight is 300 g/mol. The van der Waals surface area contributed by atoms with Crippen molar-refractivity contribution in [2.24, 2.45) is 0 Å². The fourth-order valence-electron chi connectivity index (χ4n) is 2.09. The Hall–Kier alpha value is 0.01000. The highest BCUT2D eigenvalue weighted by Gasteiger charge is 2.13. The molecule has 0 amide bonds. The highest BCUT2D eigenvalue weighted by Crippen LogP contribution is 2.21. The highest BCUT2D eigenvalue weighted by molar-refractivity contribution is 9.10. The molecular formula is C13H18BrNS. The van der Waals surface area contributed by atoms with Crippen molar-refractivity contribution in [2.45, 2.75) is 36.6 Å². The molecule has 0 aromatic heterocycles. The summed E-state index contributed by atoms with van der Waals surface area (Å²) in [5, 5.41) is 3.63. The zero-order chi connectivity index (χ0) is 11.2. The van der Waals surface area contributed by atoms with E-state index in [4.69, 9.17) is 0 Å². The lowest BCUT2D eigenvalue weighted by molar-refractivity contribution is 0.545. The van der Waals surface area contributed by atoms with E-state index in [1.807, 2.05) is 11.8 Å². The van der Waals surface area contributed by atoms with Crippen molar-refractivity contribution in [1.29, 1.82) is 0 Å². The number of thioether (sulfide) groups is 1. The van der Waals surface area contributed by atoms with Gasteiger partial charge in [0.1, 0.15) is 0 Å². The average Bonchev–Trinajstić information content (AvgIpc) is 2.80. The Balaban J connectivity index is 1.62. The van der Waals surface area contributed by atoms with Gasteiger partial charge < -0.3 is 5.32 Å². The molecule has 0 saturated heterocycles. The van der Waals surface area contributed by atoms with Crippen molar-refractivity contribution in [2.75, 3.05) is 12.3 Å². The number of hydrogen-bond donors (Lipinski definition) is 1. The first kappa shape index (κ1) is 12.5. The van der Waals surface area contributed by atoms with E-state index in [0.29, 0.717) is 0 Å². The van der Waals surface area contributed by atoms with Crippen LogP contribution in [-0.4, -0.2) is 18.3 Å². The zero-order valence-electron chi connectivity index (χ0n) is 9.42. The Kier molecular flexibility index (Phi) is 5.20. The van der Waals surface area contributed by atoms with E-state index in [2.05, 4.69) is 45.5 Å². The molecule has 1 N–H and O–H groups in total. The predicted molar refractivity (Wildman–Crippen MR) is 75.1 cm³/mol. The minimum absolute atomic E-state index is 0.797. The lowest BCUT2D eigenvalue weighted by atomic mass is 10.2. The number of nitrogens with one attached hydrogen (secondary N) is 1. The Morgan fingerprint density at radius 2 is 1.88 bits per heavy atom. The van der Waals surface area contributed by atoms with Gasteiger partial charge in [0, 0.05) is 27.7 Å². The third-order valence-electron chi connectivity index (χ3n) is 2.97. The second-order valence-corrected chi connectivity index (χ2v) is 6.32. The lowest BCUT2D eigenvalue weighted by Crippen LogP contribution is -2.27. The molecule has 0 bridgehead atoms. The van der Waals surface area contributed by atoms with Crippen molar-refractivity contribution >= 4 is 27.7 Å². The van der Waals surface area contributed by atoms with Crippen LogP contribution in [0.3, 0.4) is 0 Å². The normalized spacial score (nSPS) is 16.8. The van der Waals surface area contributed by atoms with Crippen LogP contribution in [0.1, 0.15) is 25.7 Å². The van der Waals surface area contributed by atoms with Gasteiger partial charge >= 0.3 is 0 Å². The molecule has 1 aromatic rings. The van der Waals surface area contributed by atoms with E-state index in [-0.39, 0.29) is 0 Å². The van der Waals surface area contributed by atoms with Gasteiger partial charge in [-0.15, -0.1) is 11.8 Å². The van der Waals surface area contributed by atoms with Gasteiger partial charge in [0.05, 0.1) is 0 Å². The van der Waals surface area contributed by atoms with Crippen molar-refractivity contribution in [3.63, 3.8) is 0 Å². The van der Waals surface area contributed by atoms with E-state index in [0.717, 1.165) is 22.8 Å². The molecule has 0 radical (unpaired) electrons. The van der Waals surface area contributed by atoms with Crippen LogP contribution >= 0.6 is 27.7 Å². The fourth-order valence-corrected chi connectivity index (χ4v) is 3.14. The topological polar surface area (TPSA) is 12.0 Å². The van der Waals surface area contributed by atoms with Crippen LogP contribution in [0.2, 0.25) is 0 Å². The molecule has 0 unspecified atom stereocenters. The summed E-state index contributed by atoms with van der Waals surface area (Å²) in [6, 6.07) is 9.35. The minimum Gasteiger partial charge on any atom is -0.313 e. The number of halogens is 1. The number of benzene rings is 1. The van der Waals surface area contributed by atoms with Gasteiger partial charge in [-0.25, -0.2) is 0 Å². The number of hydrogen-bond acceptors (Lipinski definition) is 2. The van der Waals surface area contributed by atoms with E-state index in [1.165, 1.54) is 30.6 Å². The summed E-state index contributed by atoms with van der Waals surface area (Å²) in [5.74, 6) is 1.16. The molecule has 1 aliphatic rings. The molecule has 0 atom stereocenters. The molecule has 1 aromatic carbocycles. The molecule has 1 saturated carbocycles. The standard InChI is InChI=1S/C13H18BrNS/c14-11-5-7-13(8-6-11)16-10-9-15-12-3-1-2-4-12/h5-8,12,15H,1-4,9-10H2. The molecule has 1 nitrogen and oxygen atoms in total. The van der Waals surface area contributed by atoms with E-state index < -0.39 is 0 Å². The van der Waals surface area contributed by atoms with Crippen molar-refractivity contribution < 1.29 is 0 Å². The van der Waals surface area contributed by atoms with Gasteiger partial charge in [0.15, 0.2) is 0 Å². The predicted octanol–water partition coefficient (Wildman–Crippen LogP) is 4.07. The Bertz CT molecular complexity index is 306. The molecule has 0 aliphatic heterocycles. The second-order valence-electron chi connectivity index (χ2n) is 4.24. The summed E-state index contributed by atoms with van der Waals surface area (Å²) < 4.78 is 1.15. The van der Waals surface area contributed by atoms with Gasteiger partial charge in [-0.2, -0.15) is 0 Å².